The molecule has 0 saturated carbocycles. The van der Waals surface area contributed by atoms with Gasteiger partial charge in [-0.2, -0.15) is 0 Å². The highest BCUT2D eigenvalue weighted by molar-refractivity contribution is 5.70. The number of fused-ring (bicyclic) bond motifs is 3. The lowest BCUT2D eigenvalue weighted by molar-refractivity contribution is 0.464. The van der Waals surface area contributed by atoms with Crippen LogP contribution in [0.15, 0.2) is 64.6 Å². The number of para-hydroxylation sites is 1. The Labute approximate surface area is 112 Å². The highest BCUT2D eigenvalue weighted by Gasteiger charge is 2.25. The van der Waals surface area contributed by atoms with E-state index in [2.05, 4.69) is 54.4 Å². The zero-order valence-electron chi connectivity index (χ0n) is 11.1. The molecule has 0 N–H and O–H groups in total. The van der Waals surface area contributed by atoms with E-state index in [1.54, 1.807) is 0 Å². The predicted molar refractivity (Wildman–Crippen MR) is 76.5 cm³/mol. The molecule has 94 valence electrons. The molecule has 0 unspecified atom stereocenters. The third-order valence-corrected chi connectivity index (χ3v) is 4.09. The molecule has 0 spiro atoms. The van der Waals surface area contributed by atoms with Crippen LogP contribution >= 0.6 is 0 Å². The van der Waals surface area contributed by atoms with Gasteiger partial charge in [-0.1, -0.05) is 31.2 Å². The molecule has 1 aromatic carbocycles. The van der Waals surface area contributed by atoms with Crippen LogP contribution in [0.25, 0.3) is 5.57 Å². The first-order valence-corrected chi connectivity index (χ1v) is 6.94. The molecular formula is C17H16N2. The molecule has 0 aromatic heterocycles. The summed E-state index contributed by atoms with van der Waals surface area (Å²) in [4.78, 5) is 7.18. The molecule has 0 bridgehead atoms. The SMILES string of the molecule is CCC1=CN2CCC3=c4ccccc4=NC3=C2C=C1. The van der Waals surface area contributed by atoms with Crippen molar-refractivity contribution in [1.29, 1.82) is 0 Å². The van der Waals surface area contributed by atoms with Crippen LogP contribution in [0.1, 0.15) is 19.8 Å². The molecule has 0 atom stereocenters. The van der Waals surface area contributed by atoms with Crippen LogP contribution in [0.3, 0.4) is 0 Å². The summed E-state index contributed by atoms with van der Waals surface area (Å²) in [6.45, 7) is 3.26. The van der Waals surface area contributed by atoms with Gasteiger partial charge in [-0.25, -0.2) is 4.99 Å². The number of hydrogen-bond acceptors (Lipinski definition) is 2. The third kappa shape index (κ3) is 1.53. The summed E-state index contributed by atoms with van der Waals surface area (Å²) in [5.41, 5.74) is 5.24. The van der Waals surface area contributed by atoms with Gasteiger partial charge in [-0.15, -0.1) is 0 Å². The maximum absolute atomic E-state index is 4.83. The Morgan fingerprint density at radius 2 is 2.11 bits per heavy atom. The maximum atomic E-state index is 4.83. The topological polar surface area (TPSA) is 15.6 Å². The first-order valence-electron chi connectivity index (χ1n) is 6.94. The lowest BCUT2D eigenvalue weighted by Gasteiger charge is -2.31. The van der Waals surface area contributed by atoms with E-state index >= 15 is 0 Å². The van der Waals surface area contributed by atoms with Crippen molar-refractivity contribution in [2.45, 2.75) is 19.8 Å². The zero-order chi connectivity index (χ0) is 12.8. The summed E-state index contributed by atoms with van der Waals surface area (Å²) in [6.07, 6.45) is 8.89. The Kier molecular flexibility index (Phi) is 2.25. The van der Waals surface area contributed by atoms with Crippen LogP contribution in [0.2, 0.25) is 0 Å². The van der Waals surface area contributed by atoms with E-state index in [1.165, 1.54) is 27.8 Å². The molecular weight excluding hydrogens is 232 g/mol. The van der Waals surface area contributed by atoms with Crippen molar-refractivity contribution in [3.8, 4) is 0 Å². The van der Waals surface area contributed by atoms with Crippen molar-refractivity contribution in [2.24, 2.45) is 4.99 Å². The molecule has 0 saturated heterocycles. The summed E-state index contributed by atoms with van der Waals surface area (Å²) in [6, 6.07) is 8.47. The minimum absolute atomic E-state index is 1.06. The van der Waals surface area contributed by atoms with Crippen molar-refractivity contribution in [1.82, 2.24) is 4.90 Å². The van der Waals surface area contributed by atoms with Crippen molar-refractivity contribution in [3.05, 3.63) is 70.2 Å². The van der Waals surface area contributed by atoms with Crippen molar-refractivity contribution in [3.63, 3.8) is 0 Å². The van der Waals surface area contributed by atoms with Crippen LogP contribution < -0.4 is 10.6 Å². The van der Waals surface area contributed by atoms with E-state index < -0.39 is 0 Å². The average Bonchev–Trinajstić information content (AvgIpc) is 2.85. The summed E-state index contributed by atoms with van der Waals surface area (Å²) >= 11 is 0. The van der Waals surface area contributed by atoms with E-state index in [0.717, 1.165) is 24.7 Å². The fourth-order valence-corrected chi connectivity index (χ4v) is 3.04. The first-order chi connectivity index (χ1) is 9.36. The Balaban J connectivity index is 1.94. The molecule has 0 amide bonds. The predicted octanol–water partition coefficient (Wildman–Crippen LogP) is 2.25. The highest BCUT2D eigenvalue weighted by Crippen LogP contribution is 2.33. The van der Waals surface area contributed by atoms with Crippen LogP contribution in [0.5, 0.6) is 0 Å². The van der Waals surface area contributed by atoms with Crippen molar-refractivity contribution in [2.75, 3.05) is 6.54 Å². The first kappa shape index (κ1) is 10.8. The standard InChI is InChI=1S/C17H16N2/c1-2-12-7-8-16-17-14(9-10-19(16)11-12)13-5-3-4-6-15(13)18-17/h3-8,11H,2,9-10H2,1H3. The van der Waals surface area contributed by atoms with Gasteiger partial charge in [0.2, 0.25) is 0 Å². The van der Waals surface area contributed by atoms with Gasteiger partial charge >= 0.3 is 0 Å². The monoisotopic (exact) mass is 248 g/mol. The molecule has 2 nitrogen and oxygen atoms in total. The fourth-order valence-electron chi connectivity index (χ4n) is 3.04. The number of allylic oxidation sites excluding steroid dienone is 4. The van der Waals surface area contributed by atoms with Gasteiger partial charge in [0.1, 0.15) is 0 Å². The lowest BCUT2D eigenvalue weighted by Crippen LogP contribution is -2.28. The second-order valence-electron chi connectivity index (χ2n) is 5.18. The Morgan fingerprint density at radius 1 is 1.21 bits per heavy atom. The second-order valence-corrected chi connectivity index (χ2v) is 5.18. The molecule has 3 heterocycles. The number of hydrogen-bond donors (Lipinski definition) is 0. The molecule has 0 radical (unpaired) electrons. The number of benzene rings is 1. The number of nitrogens with zero attached hydrogens (tertiary/aromatic N) is 2. The Morgan fingerprint density at radius 3 is 3.00 bits per heavy atom. The Bertz CT molecular complexity index is 763. The van der Waals surface area contributed by atoms with Gasteiger partial charge in [-0.05, 0) is 36.1 Å². The molecule has 3 aliphatic heterocycles. The quantitative estimate of drug-likeness (QED) is 0.744. The maximum Gasteiger partial charge on any atom is 0.0913 e. The third-order valence-electron chi connectivity index (χ3n) is 4.09. The Hall–Kier alpha value is -2.09. The average molecular weight is 248 g/mol. The van der Waals surface area contributed by atoms with Gasteiger partial charge < -0.3 is 4.90 Å². The zero-order valence-corrected chi connectivity index (χ0v) is 11.1. The van der Waals surface area contributed by atoms with Gasteiger partial charge in [-0.3, -0.25) is 0 Å². The largest absolute Gasteiger partial charge is 0.346 e. The summed E-state index contributed by atoms with van der Waals surface area (Å²) in [5.74, 6) is 0. The molecule has 1 aromatic rings. The summed E-state index contributed by atoms with van der Waals surface area (Å²) in [5, 5.41) is 2.45. The highest BCUT2D eigenvalue weighted by atomic mass is 15.1. The van der Waals surface area contributed by atoms with Gasteiger partial charge in [0.15, 0.2) is 0 Å². The minimum Gasteiger partial charge on any atom is -0.346 e. The molecule has 2 heteroatoms. The van der Waals surface area contributed by atoms with E-state index in [1.807, 2.05) is 0 Å². The van der Waals surface area contributed by atoms with Crippen LogP contribution in [-0.4, -0.2) is 11.4 Å². The van der Waals surface area contributed by atoms with Crippen LogP contribution in [-0.2, 0) is 0 Å². The lowest BCUT2D eigenvalue weighted by atomic mass is 9.98. The minimum atomic E-state index is 1.06. The van der Waals surface area contributed by atoms with Crippen molar-refractivity contribution >= 4 is 5.57 Å². The normalized spacial score (nSPS) is 19.7. The molecule has 3 aliphatic rings. The van der Waals surface area contributed by atoms with E-state index in [9.17, 15) is 0 Å². The fraction of sp³-hybridized carbons (Fsp3) is 0.235. The molecule has 19 heavy (non-hydrogen) atoms. The molecule has 4 rings (SSSR count). The van der Waals surface area contributed by atoms with Gasteiger partial charge in [0.05, 0.1) is 16.8 Å². The van der Waals surface area contributed by atoms with E-state index in [-0.39, 0.29) is 0 Å². The van der Waals surface area contributed by atoms with Gasteiger partial charge in [0.25, 0.3) is 0 Å². The smallest absolute Gasteiger partial charge is 0.0913 e. The summed E-state index contributed by atoms with van der Waals surface area (Å²) < 4.78 is 0. The summed E-state index contributed by atoms with van der Waals surface area (Å²) in [7, 11) is 0. The van der Waals surface area contributed by atoms with E-state index in [0.29, 0.717) is 0 Å². The van der Waals surface area contributed by atoms with Crippen LogP contribution in [0, 0.1) is 0 Å². The van der Waals surface area contributed by atoms with E-state index in [4.69, 9.17) is 4.99 Å². The van der Waals surface area contributed by atoms with Crippen molar-refractivity contribution < 1.29 is 0 Å². The second kappa shape index (κ2) is 3.95. The molecule has 0 fully saturated rings. The van der Waals surface area contributed by atoms with Gasteiger partial charge in [0, 0.05) is 18.0 Å². The van der Waals surface area contributed by atoms with Crippen LogP contribution in [0.4, 0.5) is 0 Å². The number of rotatable bonds is 1. The molecule has 0 aliphatic carbocycles.